The highest BCUT2D eigenvalue weighted by Gasteiger charge is 2.53. The first-order valence-electron chi connectivity index (χ1n) is 38.9. The lowest BCUT2D eigenvalue weighted by molar-refractivity contribution is 0.00578. The van der Waals surface area contributed by atoms with Gasteiger partial charge in [-0.25, -0.2) is 0 Å². The third kappa shape index (κ3) is 23.2. The van der Waals surface area contributed by atoms with Crippen LogP contribution in [0.1, 0.15) is 218 Å². The highest BCUT2D eigenvalue weighted by Crippen LogP contribution is 2.51. The topological polar surface area (TPSA) is 114 Å². The molecule has 0 aliphatic carbocycles. The molecule has 0 saturated carbocycles. The third-order valence-corrected chi connectivity index (χ3v) is 25.0. The van der Waals surface area contributed by atoms with Crippen LogP contribution in [0.25, 0.3) is 54.3 Å². The van der Waals surface area contributed by atoms with Gasteiger partial charge in [-0.05, 0) is 237 Å². The molecule has 7 aromatic carbocycles. The molecular formula is C95H119BI2O10S3. The maximum absolute atomic E-state index is 11.7. The van der Waals surface area contributed by atoms with E-state index < -0.39 is 18.3 Å². The van der Waals surface area contributed by atoms with E-state index in [2.05, 4.69) is 280 Å². The van der Waals surface area contributed by atoms with Crippen molar-refractivity contribution in [3.8, 4) is 94.5 Å². The zero-order valence-electron chi connectivity index (χ0n) is 70.0. The molecule has 10 nitrogen and oxygen atoms in total. The summed E-state index contributed by atoms with van der Waals surface area (Å²) in [7, 11) is -0.474. The van der Waals surface area contributed by atoms with Gasteiger partial charge >= 0.3 is 7.12 Å². The molecule has 1 aliphatic rings. The Morgan fingerprint density at radius 3 is 0.973 bits per heavy atom. The van der Waals surface area contributed by atoms with E-state index in [1.165, 1.54) is 33.4 Å². The van der Waals surface area contributed by atoms with Crippen LogP contribution in [0.4, 0.5) is 0 Å². The molecule has 4 heterocycles. The first kappa shape index (κ1) is 88.6. The van der Waals surface area contributed by atoms with Crippen LogP contribution >= 0.6 is 79.2 Å². The van der Waals surface area contributed by atoms with Crippen LogP contribution in [-0.4, -0.2) is 68.4 Å². The van der Waals surface area contributed by atoms with Gasteiger partial charge in [0.1, 0.15) is 40.2 Å². The van der Waals surface area contributed by atoms with Gasteiger partial charge in [-0.3, -0.25) is 0 Å². The van der Waals surface area contributed by atoms with Crippen LogP contribution in [0.3, 0.4) is 0 Å². The van der Waals surface area contributed by atoms with Crippen molar-refractivity contribution in [2.24, 2.45) is 0 Å². The number of rotatable bonds is 24. The number of ether oxygens (including phenoxy) is 6. The second-order valence-electron chi connectivity index (χ2n) is 35.9. The molecule has 0 amide bonds. The molecule has 594 valence electrons. The molecule has 11 rings (SSSR count). The van der Waals surface area contributed by atoms with Crippen molar-refractivity contribution >= 4 is 91.1 Å². The lowest BCUT2D eigenvalue weighted by Gasteiger charge is -2.32. The number of hydrogen-bond acceptors (Lipinski definition) is 13. The summed E-state index contributed by atoms with van der Waals surface area (Å²) in [6.07, 6.45) is 3.58. The molecule has 1 fully saturated rings. The summed E-state index contributed by atoms with van der Waals surface area (Å²) < 4.78 is 52.0. The maximum atomic E-state index is 11.7. The maximum Gasteiger partial charge on any atom is 0.509 e. The Bertz CT molecular complexity index is 4400. The summed E-state index contributed by atoms with van der Waals surface area (Å²) in [5.74, 6) is 4.80. The fourth-order valence-corrected chi connectivity index (χ4v) is 16.3. The van der Waals surface area contributed by atoms with E-state index in [4.69, 9.17) is 37.7 Å². The number of unbranched alkanes of at least 4 members (excludes halogenated alkanes) is 2. The monoisotopic (exact) mass is 1780 g/mol. The van der Waals surface area contributed by atoms with Gasteiger partial charge in [-0.2, -0.15) is 0 Å². The Kier molecular flexibility index (Phi) is 29.6. The van der Waals surface area contributed by atoms with Gasteiger partial charge < -0.3 is 47.9 Å². The van der Waals surface area contributed by atoms with Gasteiger partial charge in [0.2, 0.25) is 0 Å². The van der Waals surface area contributed by atoms with Crippen molar-refractivity contribution in [2.45, 2.75) is 229 Å². The van der Waals surface area contributed by atoms with E-state index in [1.807, 2.05) is 91.9 Å². The Hall–Kier alpha value is -6.36. The van der Waals surface area contributed by atoms with Crippen molar-refractivity contribution in [2.75, 3.05) is 39.8 Å². The van der Waals surface area contributed by atoms with Gasteiger partial charge in [0.25, 0.3) is 0 Å². The predicted octanol–water partition coefficient (Wildman–Crippen LogP) is 27.1. The third-order valence-electron chi connectivity index (χ3n) is 20.2. The van der Waals surface area contributed by atoms with Crippen molar-refractivity contribution < 1.29 is 47.9 Å². The standard InChI is InChI=1S/C52H62O4S2.C27H41BO4S.C16H16I2O2/c1-49(2,3)35-25-33(26-36(29-35)50(4,5)6)41-31-57-47(45(41)53)39-19-13-15-21-43(39)55-23-17-18-24-56-44-22-16-14-20-40(44)48-46(54)42(32-58-48)34-27-37(51(7,8)9)30-38(28-34)52(10,11)12;1-12-29-17-30-22-21(16-33-23(22)28-31-26(8,9)27(10,11)32-28)18-13-19(24(2,3)4)15-20(14-18)25(5,6)7;17-13-7-1-3-9-15(13)19-11-5-6-12-20-16-10-4-2-8-14(16)18/h13-16,19-22,25-32,53-54H,17-18,23-24H2,1-12H3;13-16H,12,17H2,1-11H3;1-4,7-10H,5-6,11-12H2. The summed E-state index contributed by atoms with van der Waals surface area (Å²) in [5, 5.41) is 29.7. The van der Waals surface area contributed by atoms with Gasteiger partial charge in [0.05, 0.1) is 59.3 Å². The average Bonchev–Trinajstić information content (AvgIpc) is 1.62. The SMILES string of the molecule is CC(C)(C)c1cc(-c2csc(-c3ccccc3OCCCCOc3ccccc3-c3scc(-c4cc(C(C)(C)C)cc(C(C)(C)C)c4)c3O)c2O)cc(C(C)(C)C)c1.CCOCOc1c(-c2cc(C(C)(C)C)cc(C(C)(C)C)c2)csc1B1OC(C)(C)C(C)(C)O1.Ic1ccccc1OCCCCOc1ccccc1I. The Morgan fingerprint density at radius 2 is 0.658 bits per heavy atom. The van der Waals surface area contributed by atoms with Crippen LogP contribution in [0, 0.1) is 7.14 Å². The Morgan fingerprint density at radius 1 is 0.369 bits per heavy atom. The lowest BCUT2D eigenvalue weighted by atomic mass is 9.78. The summed E-state index contributed by atoms with van der Waals surface area (Å²) in [4.78, 5) is 1.61. The molecular weight excluding hydrogens is 1660 g/mol. The number of hydrogen-bond donors (Lipinski definition) is 2. The molecule has 0 radical (unpaired) electrons. The van der Waals surface area contributed by atoms with E-state index >= 15 is 0 Å². The van der Waals surface area contributed by atoms with Crippen LogP contribution in [0.2, 0.25) is 0 Å². The molecule has 1 saturated heterocycles. The quantitative estimate of drug-likeness (QED) is 0.0262. The molecule has 16 heteroatoms. The largest absolute Gasteiger partial charge is 0.509 e. The van der Waals surface area contributed by atoms with Crippen molar-refractivity contribution in [3.63, 3.8) is 0 Å². The zero-order valence-corrected chi connectivity index (χ0v) is 76.7. The minimum Gasteiger partial charge on any atom is -0.506 e. The normalized spacial score (nSPS) is 13.8. The molecule has 3 aromatic heterocycles. The van der Waals surface area contributed by atoms with Gasteiger partial charge in [-0.15, -0.1) is 34.0 Å². The first-order valence-corrected chi connectivity index (χ1v) is 43.7. The van der Waals surface area contributed by atoms with Crippen LogP contribution in [0.5, 0.6) is 40.2 Å². The lowest BCUT2D eigenvalue weighted by Crippen LogP contribution is -2.41. The minimum atomic E-state index is -0.474. The average molecular weight is 1780 g/mol. The number of aromatic hydroxyl groups is 2. The minimum absolute atomic E-state index is 0.0208. The molecule has 111 heavy (non-hydrogen) atoms. The van der Waals surface area contributed by atoms with Crippen LogP contribution < -0.4 is 28.5 Å². The molecule has 10 aromatic rings. The number of halogens is 2. The molecule has 2 N–H and O–H groups in total. The van der Waals surface area contributed by atoms with Crippen LogP contribution in [0.15, 0.2) is 168 Å². The fourth-order valence-electron chi connectivity index (χ4n) is 12.3. The molecule has 0 unspecified atom stereocenters. The fraction of sp³-hybridized carbons (Fsp3) is 0.432. The smallest absolute Gasteiger partial charge is 0.506 e. The van der Waals surface area contributed by atoms with Gasteiger partial charge in [0.15, 0.2) is 6.79 Å². The highest BCUT2D eigenvalue weighted by atomic mass is 127. The Labute approximate surface area is 704 Å². The molecule has 0 bridgehead atoms. The number of benzene rings is 7. The van der Waals surface area contributed by atoms with E-state index in [0.717, 1.165) is 134 Å². The van der Waals surface area contributed by atoms with Crippen molar-refractivity contribution in [3.05, 3.63) is 208 Å². The summed E-state index contributed by atoms with van der Waals surface area (Å²) in [5.41, 5.74) is 14.5. The van der Waals surface area contributed by atoms with E-state index in [0.29, 0.717) is 19.8 Å². The molecule has 1 aliphatic heterocycles. The van der Waals surface area contributed by atoms with Gasteiger partial charge in [0, 0.05) is 50.6 Å². The molecule has 0 spiro atoms. The first-order chi connectivity index (χ1) is 52.0. The molecule has 0 atom stereocenters. The summed E-state index contributed by atoms with van der Waals surface area (Å²) >= 11 is 9.30. The second-order valence-corrected chi connectivity index (χ2v) is 40.9. The second kappa shape index (κ2) is 37.1. The highest BCUT2D eigenvalue weighted by molar-refractivity contribution is 14.1. The van der Waals surface area contributed by atoms with E-state index in [9.17, 15) is 10.2 Å². The van der Waals surface area contributed by atoms with Crippen molar-refractivity contribution in [1.29, 1.82) is 0 Å². The van der Waals surface area contributed by atoms with Crippen LogP contribution in [-0.2, 0) is 46.5 Å². The summed E-state index contributed by atoms with van der Waals surface area (Å²) in [6, 6.07) is 52.5. The van der Waals surface area contributed by atoms with Gasteiger partial charge in [-0.1, -0.05) is 228 Å². The number of thiophene rings is 3. The zero-order chi connectivity index (χ0) is 81.2. The van der Waals surface area contributed by atoms with E-state index in [-0.39, 0.29) is 50.8 Å². The van der Waals surface area contributed by atoms with Crippen molar-refractivity contribution in [1.82, 2.24) is 0 Å². The summed E-state index contributed by atoms with van der Waals surface area (Å²) in [6.45, 7) is 53.9. The van der Waals surface area contributed by atoms with E-state index in [1.54, 1.807) is 34.0 Å². The predicted molar refractivity (Wildman–Crippen MR) is 487 cm³/mol. The Balaban J connectivity index is 0.000000222. The number of para-hydroxylation sites is 4.